The molecule has 1 fully saturated rings. The molecule has 0 aromatic heterocycles. The second kappa shape index (κ2) is 11.5. The molecule has 0 bridgehead atoms. The van der Waals surface area contributed by atoms with Gasteiger partial charge in [0.15, 0.2) is 0 Å². The lowest BCUT2D eigenvalue weighted by molar-refractivity contribution is -0.156. The Morgan fingerprint density at radius 3 is 2.46 bits per heavy atom. The average molecular weight is 576 g/mol. The third-order valence-electron chi connectivity index (χ3n) is 7.40. The second-order valence-corrected chi connectivity index (χ2v) is 12.4. The number of thiol groups is 1. The van der Waals surface area contributed by atoms with Crippen molar-refractivity contribution in [3.8, 4) is 5.75 Å². The lowest BCUT2D eigenvalue weighted by Gasteiger charge is -2.40. The molecule has 1 unspecified atom stereocenters. The van der Waals surface area contributed by atoms with Crippen LogP contribution < -0.4 is 14.8 Å². The van der Waals surface area contributed by atoms with Crippen molar-refractivity contribution in [3.05, 3.63) is 59.2 Å². The number of nitrogens with zero attached hydrogens (tertiary/aromatic N) is 1. The monoisotopic (exact) mass is 575 g/mol. The summed E-state index contributed by atoms with van der Waals surface area (Å²) in [5.41, 5.74) is 2.61. The Morgan fingerprint density at radius 2 is 1.85 bits per heavy atom. The molecule has 0 spiro atoms. The number of nitrogens with one attached hydrogen (secondary N) is 2. The first kappa shape index (κ1) is 28.8. The summed E-state index contributed by atoms with van der Waals surface area (Å²) in [6, 6.07) is 9.65. The fraction of sp³-hybridized carbons (Fsp3) is 0.444. The van der Waals surface area contributed by atoms with Gasteiger partial charge in [0.1, 0.15) is 17.8 Å². The van der Waals surface area contributed by atoms with Crippen LogP contribution in [0.2, 0.25) is 0 Å². The number of ether oxygens (including phenoxy) is 1. The molecule has 1 saturated heterocycles. The standard InChI is InChI=1S/C27H33N3O7S2/c1-15(16-8-11-19(37-2)12-9-16)24(38)25(31)28-21-13-17-7-10-18(29-39(3,35)36)14-20(17)22-5-4-6-23(27(33)34)30(22)26(21)32/h7-12,14-15,21-24,29,38H,4-6,13H2,1-3H3,(H,28,31)(H,33,34)/t15?,21-,22+,23-,24-/m0/s1. The van der Waals surface area contributed by atoms with Gasteiger partial charge in [0.25, 0.3) is 0 Å². The molecular formula is C27H33N3O7S2. The maximum atomic E-state index is 13.8. The number of anilines is 1. The lowest BCUT2D eigenvalue weighted by Crippen LogP contribution is -2.56. The topological polar surface area (TPSA) is 142 Å². The minimum Gasteiger partial charge on any atom is -0.497 e. The van der Waals surface area contributed by atoms with E-state index in [1.54, 1.807) is 37.4 Å². The van der Waals surface area contributed by atoms with Crippen molar-refractivity contribution in [3.63, 3.8) is 0 Å². The number of hydrogen-bond acceptors (Lipinski definition) is 7. The molecule has 210 valence electrons. The number of amides is 2. The van der Waals surface area contributed by atoms with Gasteiger partial charge in [-0.2, -0.15) is 12.6 Å². The second-order valence-electron chi connectivity index (χ2n) is 10.1. The largest absolute Gasteiger partial charge is 0.497 e. The van der Waals surface area contributed by atoms with Gasteiger partial charge in [0, 0.05) is 18.0 Å². The zero-order valence-corrected chi connectivity index (χ0v) is 23.7. The Bertz CT molecular complexity index is 1360. The number of carbonyl (C=O) groups is 3. The van der Waals surface area contributed by atoms with E-state index in [0.29, 0.717) is 36.3 Å². The van der Waals surface area contributed by atoms with Crippen molar-refractivity contribution in [1.82, 2.24) is 10.2 Å². The van der Waals surface area contributed by atoms with Crippen LogP contribution in [0.5, 0.6) is 5.75 Å². The van der Waals surface area contributed by atoms with Crippen molar-refractivity contribution in [1.29, 1.82) is 0 Å². The van der Waals surface area contributed by atoms with Gasteiger partial charge in [-0.05, 0) is 60.2 Å². The number of benzene rings is 2. The molecule has 2 aliphatic heterocycles. The molecule has 2 aromatic rings. The number of carboxylic acid groups (broad SMARTS) is 1. The highest BCUT2D eigenvalue weighted by molar-refractivity contribution is 7.92. The number of carboxylic acids is 1. The highest BCUT2D eigenvalue weighted by Gasteiger charge is 2.45. The maximum absolute atomic E-state index is 13.8. The quantitative estimate of drug-likeness (QED) is 0.355. The van der Waals surface area contributed by atoms with Crippen LogP contribution >= 0.6 is 12.6 Å². The number of aliphatic carboxylic acids is 1. The summed E-state index contributed by atoms with van der Waals surface area (Å²) in [7, 11) is -1.98. The highest BCUT2D eigenvalue weighted by atomic mass is 32.2. The van der Waals surface area contributed by atoms with E-state index >= 15 is 0 Å². The van der Waals surface area contributed by atoms with Crippen LogP contribution in [0.4, 0.5) is 5.69 Å². The fourth-order valence-corrected chi connectivity index (χ4v) is 6.20. The molecule has 10 nitrogen and oxygen atoms in total. The summed E-state index contributed by atoms with van der Waals surface area (Å²) in [6.45, 7) is 1.86. The van der Waals surface area contributed by atoms with Gasteiger partial charge >= 0.3 is 5.97 Å². The zero-order chi connectivity index (χ0) is 28.5. The number of methoxy groups -OCH3 is 1. The summed E-state index contributed by atoms with van der Waals surface area (Å²) in [4.78, 5) is 40.7. The smallest absolute Gasteiger partial charge is 0.326 e. The van der Waals surface area contributed by atoms with Gasteiger partial charge in [-0.1, -0.05) is 25.1 Å². The third kappa shape index (κ3) is 6.33. The van der Waals surface area contributed by atoms with Crippen LogP contribution in [0.25, 0.3) is 0 Å². The first-order valence-electron chi connectivity index (χ1n) is 12.7. The summed E-state index contributed by atoms with van der Waals surface area (Å²) in [6.07, 6.45) is 2.58. The zero-order valence-electron chi connectivity index (χ0n) is 22.0. The van der Waals surface area contributed by atoms with Gasteiger partial charge in [-0.15, -0.1) is 0 Å². The van der Waals surface area contributed by atoms with E-state index < -0.39 is 51.2 Å². The number of hydrogen-bond donors (Lipinski definition) is 4. The van der Waals surface area contributed by atoms with Crippen molar-refractivity contribution in [2.45, 2.75) is 61.9 Å². The van der Waals surface area contributed by atoms with Crippen molar-refractivity contribution < 1.29 is 32.6 Å². The van der Waals surface area contributed by atoms with Gasteiger partial charge in [-0.3, -0.25) is 14.3 Å². The summed E-state index contributed by atoms with van der Waals surface area (Å²) in [5, 5.41) is 12.0. The molecule has 5 atom stereocenters. The van der Waals surface area contributed by atoms with Crippen molar-refractivity contribution in [2.75, 3.05) is 18.1 Å². The number of sulfonamides is 1. The Labute approximate surface area is 233 Å². The molecule has 2 amide bonds. The first-order chi connectivity index (χ1) is 18.4. The van der Waals surface area contributed by atoms with E-state index in [0.717, 1.165) is 17.4 Å². The summed E-state index contributed by atoms with van der Waals surface area (Å²) < 4.78 is 31.3. The van der Waals surface area contributed by atoms with Crippen LogP contribution in [0.3, 0.4) is 0 Å². The Hall–Kier alpha value is -3.25. The first-order valence-corrected chi connectivity index (χ1v) is 15.1. The lowest BCUT2D eigenvalue weighted by atomic mass is 9.89. The van der Waals surface area contributed by atoms with Crippen LogP contribution in [0.15, 0.2) is 42.5 Å². The van der Waals surface area contributed by atoms with Crippen molar-refractivity contribution in [2.24, 2.45) is 0 Å². The Kier molecular flexibility index (Phi) is 8.45. The van der Waals surface area contributed by atoms with Crippen LogP contribution in [-0.2, 0) is 30.8 Å². The Morgan fingerprint density at radius 1 is 1.15 bits per heavy atom. The SMILES string of the molecule is COc1ccc(C(C)[C@H](S)C(=O)N[C@H]2Cc3ccc(NS(C)(=O)=O)cc3[C@H]3CCC[C@@H](C(=O)O)N3C2=O)cc1. The molecule has 39 heavy (non-hydrogen) atoms. The highest BCUT2D eigenvalue weighted by Crippen LogP contribution is 2.40. The number of fused-ring (bicyclic) bond motifs is 3. The van der Waals surface area contributed by atoms with Gasteiger partial charge in [0.2, 0.25) is 21.8 Å². The van der Waals surface area contributed by atoms with E-state index in [2.05, 4.69) is 22.7 Å². The molecular weight excluding hydrogens is 542 g/mol. The molecule has 2 aromatic carbocycles. The normalized spacial score (nSPS) is 22.5. The van der Waals surface area contributed by atoms with Crippen LogP contribution in [-0.4, -0.2) is 66.9 Å². The molecule has 4 rings (SSSR count). The molecule has 2 aliphatic rings. The Balaban J connectivity index is 1.65. The van der Waals surface area contributed by atoms with E-state index in [1.807, 2.05) is 19.1 Å². The van der Waals surface area contributed by atoms with Crippen molar-refractivity contribution >= 4 is 46.1 Å². The minimum absolute atomic E-state index is 0.135. The minimum atomic E-state index is -3.55. The van der Waals surface area contributed by atoms with E-state index in [9.17, 15) is 27.9 Å². The summed E-state index contributed by atoms with van der Waals surface area (Å²) >= 11 is 4.56. The molecule has 0 radical (unpaired) electrons. The fourth-order valence-electron chi connectivity index (χ4n) is 5.40. The average Bonchev–Trinajstić information content (AvgIpc) is 3.01. The van der Waals surface area contributed by atoms with Gasteiger partial charge in [-0.25, -0.2) is 13.2 Å². The third-order valence-corrected chi connectivity index (χ3v) is 8.69. The van der Waals surface area contributed by atoms with Gasteiger partial charge < -0.3 is 20.1 Å². The van der Waals surface area contributed by atoms with Gasteiger partial charge in [0.05, 0.1) is 24.7 Å². The van der Waals surface area contributed by atoms with E-state index in [1.165, 1.54) is 4.90 Å². The molecule has 3 N–H and O–H groups in total. The summed E-state index contributed by atoms with van der Waals surface area (Å²) in [5.74, 6) is -1.64. The van der Waals surface area contributed by atoms with Crippen LogP contribution in [0.1, 0.15) is 54.8 Å². The molecule has 12 heteroatoms. The predicted octanol–water partition coefficient (Wildman–Crippen LogP) is 2.72. The molecule has 0 aliphatic carbocycles. The van der Waals surface area contributed by atoms with Crippen LogP contribution in [0, 0.1) is 0 Å². The predicted molar refractivity (Wildman–Crippen MR) is 150 cm³/mol. The number of rotatable bonds is 8. The molecule has 0 saturated carbocycles. The van der Waals surface area contributed by atoms with E-state index in [4.69, 9.17) is 4.74 Å². The number of carbonyl (C=O) groups excluding carboxylic acids is 2. The number of piperidine rings is 1. The maximum Gasteiger partial charge on any atom is 0.326 e. The van der Waals surface area contributed by atoms with E-state index in [-0.39, 0.29) is 12.3 Å². The molecule has 2 heterocycles.